The van der Waals surface area contributed by atoms with Crippen molar-refractivity contribution in [3.8, 4) is 0 Å². The van der Waals surface area contributed by atoms with Crippen molar-refractivity contribution >= 4 is 0 Å². The number of hydrogen-bond donors (Lipinski definition) is 0. The van der Waals surface area contributed by atoms with Gasteiger partial charge in [-0.15, -0.1) is 0 Å². The molecule has 0 aromatic heterocycles. The first-order chi connectivity index (χ1) is 11.9. The van der Waals surface area contributed by atoms with Crippen LogP contribution in [0.15, 0.2) is 60.7 Å². The summed E-state index contributed by atoms with van der Waals surface area (Å²) in [6, 6.07) is 19.5. The quantitative estimate of drug-likeness (QED) is 0.623. The van der Waals surface area contributed by atoms with Gasteiger partial charge in [0.2, 0.25) is 0 Å². The van der Waals surface area contributed by atoms with Gasteiger partial charge in [0.15, 0.2) is 5.79 Å². The number of benzene rings is 2. The molecule has 2 aromatic rings. The van der Waals surface area contributed by atoms with E-state index >= 15 is 0 Å². The van der Waals surface area contributed by atoms with Crippen molar-refractivity contribution < 1.29 is 14.1 Å². The topological polar surface area (TPSA) is 41.5 Å². The minimum absolute atomic E-state index is 0.193. The number of quaternary nitrogens is 1. The zero-order valence-electron chi connectivity index (χ0n) is 15.0. The SMILES string of the molecule is C[C@@H]1[C@H]2OC(C)(C)O[C@H]2[C@H](c2ccccc2)[N@@+]1([O-])Cc1ccccc1. The maximum absolute atomic E-state index is 14.1. The van der Waals surface area contributed by atoms with Gasteiger partial charge >= 0.3 is 0 Å². The second-order valence-electron chi connectivity index (χ2n) is 7.66. The summed E-state index contributed by atoms with van der Waals surface area (Å²) >= 11 is 0. The fourth-order valence-corrected chi connectivity index (χ4v) is 4.39. The van der Waals surface area contributed by atoms with E-state index in [1.54, 1.807) is 0 Å². The summed E-state index contributed by atoms with van der Waals surface area (Å²) in [4.78, 5) is 0. The molecule has 0 amide bonds. The third-order valence-corrected chi connectivity index (χ3v) is 5.52. The van der Waals surface area contributed by atoms with E-state index in [4.69, 9.17) is 9.47 Å². The molecule has 0 saturated carbocycles. The third kappa shape index (κ3) is 2.79. The highest BCUT2D eigenvalue weighted by molar-refractivity contribution is 5.23. The van der Waals surface area contributed by atoms with E-state index in [2.05, 4.69) is 0 Å². The van der Waals surface area contributed by atoms with E-state index in [0.29, 0.717) is 6.54 Å². The standard InChI is InChI=1S/C21H25NO3/c1-15-19-20(25-21(2,3)24-19)18(17-12-8-5-9-13-17)22(15,23)14-16-10-6-4-7-11-16/h4-13,15,18-20H,14H2,1-3H3/t15-,18+,19-,20+,22-/m1/s1. The molecule has 0 spiro atoms. The monoisotopic (exact) mass is 339 g/mol. The van der Waals surface area contributed by atoms with Crippen molar-refractivity contribution in [2.45, 2.75) is 57.4 Å². The number of rotatable bonds is 3. The Bertz CT molecular complexity index is 733. The second-order valence-corrected chi connectivity index (χ2v) is 7.66. The van der Waals surface area contributed by atoms with Gasteiger partial charge in [-0.3, -0.25) is 0 Å². The maximum atomic E-state index is 14.1. The fraction of sp³-hybridized carbons (Fsp3) is 0.429. The summed E-state index contributed by atoms with van der Waals surface area (Å²) in [5, 5.41) is 14.1. The summed E-state index contributed by atoms with van der Waals surface area (Å²) < 4.78 is 12.0. The largest absolute Gasteiger partial charge is 0.632 e. The van der Waals surface area contributed by atoms with Crippen LogP contribution in [0.25, 0.3) is 0 Å². The van der Waals surface area contributed by atoms with E-state index < -0.39 is 5.79 Å². The molecule has 25 heavy (non-hydrogen) atoms. The molecule has 0 unspecified atom stereocenters. The smallest absolute Gasteiger partial charge is 0.164 e. The lowest BCUT2D eigenvalue weighted by atomic mass is 10.0. The molecule has 2 aromatic carbocycles. The Morgan fingerprint density at radius 2 is 1.48 bits per heavy atom. The molecule has 4 rings (SSSR count). The molecule has 2 heterocycles. The molecule has 5 atom stereocenters. The van der Waals surface area contributed by atoms with Gasteiger partial charge in [0, 0.05) is 11.1 Å². The molecule has 2 fully saturated rings. The molecule has 2 saturated heterocycles. The van der Waals surface area contributed by atoms with Crippen molar-refractivity contribution in [3.05, 3.63) is 77.0 Å². The maximum Gasteiger partial charge on any atom is 0.164 e. The molecular formula is C21H25NO3. The van der Waals surface area contributed by atoms with E-state index in [0.717, 1.165) is 11.1 Å². The molecule has 4 heteroatoms. The Morgan fingerprint density at radius 3 is 2.12 bits per heavy atom. The minimum atomic E-state index is -0.644. The van der Waals surface area contributed by atoms with E-state index in [9.17, 15) is 5.21 Å². The molecule has 4 nitrogen and oxygen atoms in total. The Balaban J connectivity index is 1.76. The zero-order valence-corrected chi connectivity index (χ0v) is 15.0. The number of likely N-dealkylation sites (tertiary alicyclic amines) is 1. The number of hydroxylamine groups is 3. The highest BCUT2D eigenvalue weighted by atomic mass is 16.8. The fourth-order valence-electron chi connectivity index (χ4n) is 4.39. The molecule has 2 aliphatic heterocycles. The number of fused-ring (bicyclic) bond motifs is 1. The first kappa shape index (κ1) is 16.7. The van der Waals surface area contributed by atoms with Crippen LogP contribution in [-0.4, -0.2) is 28.7 Å². The molecule has 0 bridgehead atoms. The van der Waals surface area contributed by atoms with Crippen LogP contribution in [0.4, 0.5) is 0 Å². The van der Waals surface area contributed by atoms with Crippen LogP contribution in [0, 0.1) is 5.21 Å². The van der Waals surface area contributed by atoms with Gasteiger partial charge < -0.3 is 19.3 Å². The Hall–Kier alpha value is -1.72. The molecule has 0 N–H and O–H groups in total. The first-order valence-electron chi connectivity index (χ1n) is 8.94. The van der Waals surface area contributed by atoms with Gasteiger partial charge in [0.1, 0.15) is 30.8 Å². The van der Waals surface area contributed by atoms with Gasteiger partial charge in [0.05, 0.1) is 0 Å². The summed E-state index contributed by atoms with van der Waals surface area (Å²) in [6.45, 7) is 6.27. The molecular weight excluding hydrogens is 314 g/mol. The lowest BCUT2D eigenvalue weighted by molar-refractivity contribution is -0.936. The van der Waals surface area contributed by atoms with Gasteiger partial charge in [-0.1, -0.05) is 60.7 Å². The van der Waals surface area contributed by atoms with Gasteiger partial charge in [-0.05, 0) is 20.8 Å². The average Bonchev–Trinajstić information content (AvgIpc) is 2.99. The summed E-state index contributed by atoms with van der Waals surface area (Å²) in [7, 11) is 0. The van der Waals surface area contributed by atoms with Crippen LogP contribution in [0.3, 0.4) is 0 Å². The van der Waals surface area contributed by atoms with Crippen LogP contribution in [0.1, 0.15) is 37.9 Å². The van der Waals surface area contributed by atoms with Crippen molar-refractivity contribution in [3.63, 3.8) is 0 Å². The van der Waals surface area contributed by atoms with Crippen LogP contribution >= 0.6 is 0 Å². The second kappa shape index (κ2) is 5.92. The Kier molecular flexibility index (Phi) is 3.96. The van der Waals surface area contributed by atoms with Crippen molar-refractivity contribution in [1.82, 2.24) is 0 Å². The van der Waals surface area contributed by atoms with Gasteiger partial charge in [0.25, 0.3) is 0 Å². The number of ether oxygens (including phenoxy) is 2. The molecule has 0 radical (unpaired) electrons. The summed E-state index contributed by atoms with van der Waals surface area (Å²) in [5.74, 6) is -0.644. The number of nitrogens with zero attached hydrogens (tertiary/aromatic N) is 1. The normalized spacial score (nSPS) is 36.3. The van der Waals surface area contributed by atoms with Crippen molar-refractivity contribution in [2.24, 2.45) is 0 Å². The Morgan fingerprint density at radius 1 is 0.920 bits per heavy atom. The summed E-state index contributed by atoms with van der Waals surface area (Å²) in [6.07, 6.45) is -0.421. The molecule has 132 valence electrons. The van der Waals surface area contributed by atoms with Gasteiger partial charge in [-0.2, -0.15) is 0 Å². The average molecular weight is 339 g/mol. The van der Waals surface area contributed by atoms with E-state index in [1.165, 1.54) is 0 Å². The third-order valence-electron chi connectivity index (χ3n) is 5.52. The van der Waals surface area contributed by atoms with E-state index in [1.807, 2.05) is 81.4 Å². The zero-order chi connectivity index (χ0) is 17.7. The van der Waals surface area contributed by atoms with Crippen molar-refractivity contribution in [2.75, 3.05) is 0 Å². The highest BCUT2D eigenvalue weighted by Crippen LogP contribution is 2.51. The summed E-state index contributed by atoms with van der Waals surface area (Å²) in [5.41, 5.74) is 2.07. The molecule has 2 aliphatic rings. The van der Waals surface area contributed by atoms with Crippen molar-refractivity contribution in [1.29, 1.82) is 0 Å². The predicted octanol–water partition coefficient (Wildman–Crippen LogP) is 4.16. The van der Waals surface area contributed by atoms with Crippen LogP contribution in [0.5, 0.6) is 0 Å². The minimum Gasteiger partial charge on any atom is -0.632 e. The molecule has 0 aliphatic carbocycles. The highest BCUT2D eigenvalue weighted by Gasteiger charge is 2.62. The predicted molar refractivity (Wildman–Crippen MR) is 96.2 cm³/mol. The van der Waals surface area contributed by atoms with E-state index in [-0.39, 0.29) is 28.9 Å². The van der Waals surface area contributed by atoms with Crippen LogP contribution in [0.2, 0.25) is 0 Å². The number of hydrogen-bond acceptors (Lipinski definition) is 3. The first-order valence-corrected chi connectivity index (χ1v) is 8.94. The Labute approximate surface area is 149 Å². The lowest BCUT2D eigenvalue weighted by Crippen LogP contribution is -2.50. The van der Waals surface area contributed by atoms with Crippen LogP contribution < -0.4 is 0 Å². The van der Waals surface area contributed by atoms with Gasteiger partial charge in [-0.25, -0.2) is 0 Å². The van der Waals surface area contributed by atoms with Crippen LogP contribution in [-0.2, 0) is 16.0 Å². The lowest BCUT2D eigenvalue weighted by Gasteiger charge is -2.49.